The predicted molar refractivity (Wildman–Crippen MR) is 147 cm³/mol. The highest BCUT2D eigenvalue weighted by Gasteiger charge is 2.35. The minimum atomic E-state index is -0.333. The number of benzene rings is 2. The van der Waals surface area contributed by atoms with E-state index in [1.807, 2.05) is 36.6 Å². The van der Waals surface area contributed by atoms with E-state index in [-0.39, 0.29) is 29.3 Å². The van der Waals surface area contributed by atoms with Gasteiger partial charge in [0.15, 0.2) is 0 Å². The average Bonchev–Trinajstić information content (AvgIpc) is 2.89. The first-order valence-corrected chi connectivity index (χ1v) is 13.2. The molecule has 0 saturated carbocycles. The van der Waals surface area contributed by atoms with Crippen LogP contribution in [0.15, 0.2) is 65.5 Å². The number of fused-ring (bicyclic) bond motifs is 4. The van der Waals surface area contributed by atoms with Crippen LogP contribution in [-0.4, -0.2) is 35.5 Å². The van der Waals surface area contributed by atoms with Crippen molar-refractivity contribution in [1.82, 2.24) is 9.88 Å². The van der Waals surface area contributed by atoms with Gasteiger partial charge in [-0.3, -0.25) is 14.4 Å². The lowest BCUT2D eigenvalue weighted by molar-refractivity contribution is 0.0938. The number of carbonyl (C=O) groups excluding carboxylic acids is 2. The topological polar surface area (TPSA) is 83.4 Å². The van der Waals surface area contributed by atoms with Crippen LogP contribution < -0.4 is 21.1 Å². The molecular formula is C29H31ClN4O3. The third kappa shape index (κ3) is 5.14. The molecule has 2 aromatic carbocycles. The van der Waals surface area contributed by atoms with E-state index in [2.05, 4.69) is 15.5 Å². The summed E-state index contributed by atoms with van der Waals surface area (Å²) in [6.07, 6.45) is 1.84. The van der Waals surface area contributed by atoms with E-state index in [0.717, 1.165) is 30.8 Å². The first kappa shape index (κ1) is 25.1. The van der Waals surface area contributed by atoms with Crippen LogP contribution >= 0.6 is 11.6 Å². The monoisotopic (exact) mass is 518 g/mol. The summed E-state index contributed by atoms with van der Waals surface area (Å²) in [4.78, 5) is 40.8. The third-order valence-corrected chi connectivity index (χ3v) is 7.77. The van der Waals surface area contributed by atoms with Crippen LogP contribution in [0.3, 0.4) is 0 Å². The molecule has 5 rings (SSSR count). The standard InChI is InChI=1S/C29H31ClN4O3/c1-3-18(2)31-28(36)20-11-12-26(24(14-20)32-29(37)22-7-4-5-8-23(22)30)33-15-19-13-21(17-33)25-9-6-10-27(35)34(25)16-19/h4-12,14,18-19,21H,3,13,15-17H2,1-2H3,(H,31,36)(H,32,37)/t18-,19+,21-/m0/s1. The fourth-order valence-corrected chi connectivity index (χ4v) is 5.61. The number of hydrogen-bond acceptors (Lipinski definition) is 4. The fourth-order valence-electron chi connectivity index (χ4n) is 5.39. The lowest BCUT2D eigenvalue weighted by Crippen LogP contribution is -2.47. The normalized spacial score (nSPS) is 19.1. The van der Waals surface area contributed by atoms with Gasteiger partial charge in [-0.15, -0.1) is 0 Å². The molecule has 0 spiro atoms. The van der Waals surface area contributed by atoms with Crippen LogP contribution in [0.5, 0.6) is 0 Å². The number of piperidine rings is 1. The number of pyridine rings is 1. The number of anilines is 2. The van der Waals surface area contributed by atoms with Gasteiger partial charge in [-0.2, -0.15) is 0 Å². The summed E-state index contributed by atoms with van der Waals surface area (Å²) < 4.78 is 1.90. The zero-order valence-corrected chi connectivity index (χ0v) is 21.8. The number of amides is 2. The molecule has 3 atom stereocenters. The van der Waals surface area contributed by atoms with Crippen molar-refractivity contribution >= 4 is 34.8 Å². The van der Waals surface area contributed by atoms with Gasteiger partial charge in [0.1, 0.15) is 0 Å². The van der Waals surface area contributed by atoms with Gasteiger partial charge in [-0.1, -0.05) is 36.7 Å². The largest absolute Gasteiger partial charge is 0.369 e. The number of carbonyl (C=O) groups is 2. The van der Waals surface area contributed by atoms with E-state index >= 15 is 0 Å². The van der Waals surface area contributed by atoms with E-state index in [0.29, 0.717) is 40.8 Å². The Morgan fingerprint density at radius 1 is 1.03 bits per heavy atom. The number of nitrogens with zero attached hydrogens (tertiary/aromatic N) is 2. The highest BCUT2D eigenvalue weighted by atomic mass is 35.5. The predicted octanol–water partition coefficient (Wildman–Crippen LogP) is 4.91. The molecule has 192 valence electrons. The molecule has 0 radical (unpaired) electrons. The summed E-state index contributed by atoms with van der Waals surface area (Å²) >= 11 is 6.29. The smallest absolute Gasteiger partial charge is 0.257 e. The summed E-state index contributed by atoms with van der Waals surface area (Å²) in [6, 6.07) is 17.9. The molecule has 2 aliphatic heterocycles. The van der Waals surface area contributed by atoms with Gasteiger partial charge in [0.05, 0.1) is 22.0 Å². The minimum Gasteiger partial charge on any atom is -0.369 e. The molecule has 1 fully saturated rings. The van der Waals surface area contributed by atoms with Gasteiger partial charge in [0, 0.05) is 48.9 Å². The van der Waals surface area contributed by atoms with Crippen molar-refractivity contribution in [2.45, 2.75) is 45.2 Å². The van der Waals surface area contributed by atoms with Crippen molar-refractivity contribution in [3.8, 4) is 0 Å². The second-order valence-corrected chi connectivity index (χ2v) is 10.5. The van der Waals surface area contributed by atoms with Crippen molar-refractivity contribution in [1.29, 1.82) is 0 Å². The maximum absolute atomic E-state index is 13.2. The number of hydrogen-bond donors (Lipinski definition) is 2. The molecule has 2 N–H and O–H groups in total. The Bertz CT molecular complexity index is 1400. The molecule has 0 aliphatic carbocycles. The molecule has 0 unspecified atom stereocenters. The average molecular weight is 519 g/mol. The number of aromatic nitrogens is 1. The summed E-state index contributed by atoms with van der Waals surface area (Å²) in [7, 11) is 0. The van der Waals surface area contributed by atoms with Crippen molar-refractivity contribution in [3.63, 3.8) is 0 Å². The summed E-state index contributed by atoms with van der Waals surface area (Å²) in [6.45, 7) is 6.13. The van der Waals surface area contributed by atoms with Crippen LogP contribution in [0, 0.1) is 5.92 Å². The van der Waals surface area contributed by atoms with Crippen molar-refractivity contribution in [2.24, 2.45) is 5.92 Å². The Morgan fingerprint density at radius 2 is 1.84 bits per heavy atom. The van der Waals surface area contributed by atoms with E-state index in [1.165, 1.54) is 0 Å². The maximum atomic E-state index is 13.2. The van der Waals surface area contributed by atoms with Crippen LogP contribution in [0.2, 0.25) is 5.02 Å². The van der Waals surface area contributed by atoms with Crippen molar-refractivity contribution in [3.05, 3.63) is 92.9 Å². The first-order valence-electron chi connectivity index (χ1n) is 12.8. The number of rotatable bonds is 6. The molecule has 2 aliphatic rings. The summed E-state index contributed by atoms with van der Waals surface area (Å²) in [5.74, 6) is 0.00661. The molecule has 8 heteroatoms. The molecule has 3 aromatic rings. The van der Waals surface area contributed by atoms with E-state index in [4.69, 9.17) is 11.6 Å². The SMILES string of the molecule is CC[C@H](C)NC(=O)c1ccc(N2C[C@H]3C[C@@H](C2)c2cccc(=O)n2C3)c(NC(=O)c2ccccc2Cl)c1. The Kier molecular flexibility index (Phi) is 7.07. The fraction of sp³-hybridized carbons (Fsp3) is 0.345. The highest BCUT2D eigenvalue weighted by Crippen LogP contribution is 2.39. The zero-order valence-electron chi connectivity index (χ0n) is 21.0. The van der Waals surface area contributed by atoms with E-state index in [1.54, 1.807) is 42.5 Å². The Morgan fingerprint density at radius 3 is 2.62 bits per heavy atom. The molecule has 37 heavy (non-hydrogen) atoms. The van der Waals surface area contributed by atoms with Crippen molar-refractivity contribution < 1.29 is 9.59 Å². The van der Waals surface area contributed by atoms with Gasteiger partial charge in [0.25, 0.3) is 17.4 Å². The van der Waals surface area contributed by atoms with Crippen LogP contribution in [0.4, 0.5) is 11.4 Å². The quantitative estimate of drug-likeness (QED) is 0.486. The van der Waals surface area contributed by atoms with Gasteiger partial charge >= 0.3 is 0 Å². The number of nitrogens with one attached hydrogen (secondary N) is 2. The van der Waals surface area contributed by atoms with Gasteiger partial charge in [0.2, 0.25) is 0 Å². The number of halogens is 1. The molecule has 7 nitrogen and oxygen atoms in total. The van der Waals surface area contributed by atoms with E-state index in [9.17, 15) is 14.4 Å². The summed E-state index contributed by atoms with van der Waals surface area (Å²) in [5, 5.41) is 6.38. The van der Waals surface area contributed by atoms with Gasteiger partial charge in [-0.05, 0) is 62.1 Å². The second kappa shape index (κ2) is 10.4. The Balaban J connectivity index is 1.49. The Labute approximate surface area is 221 Å². The molecule has 1 saturated heterocycles. The summed E-state index contributed by atoms with van der Waals surface area (Å²) in [5.41, 5.74) is 3.36. The Hall–Kier alpha value is -3.58. The highest BCUT2D eigenvalue weighted by molar-refractivity contribution is 6.34. The van der Waals surface area contributed by atoms with Crippen LogP contribution in [-0.2, 0) is 6.54 Å². The molecule has 2 amide bonds. The minimum absolute atomic E-state index is 0.0401. The van der Waals surface area contributed by atoms with Crippen molar-refractivity contribution in [2.75, 3.05) is 23.3 Å². The first-order chi connectivity index (χ1) is 17.8. The van der Waals surface area contributed by atoms with Gasteiger partial charge < -0.3 is 20.1 Å². The zero-order chi connectivity index (χ0) is 26.1. The molecule has 2 bridgehead atoms. The molecular weight excluding hydrogens is 488 g/mol. The van der Waals surface area contributed by atoms with Crippen LogP contribution in [0.25, 0.3) is 0 Å². The second-order valence-electron chi connectivity index (χ2n) is 10.1. The molecule has 3 heterocycles. The third-order valence-electron chi connectivity index (χ3n) is 7.44. The maximum Gasteiger partial charge on any atom is 0.257 e. The van der Waals surface area contributed by atoms with E-state index < -0.39 is 0 Å². The molecule has 1 aromatic heterocycles. The lowest BCUT2D eigenvalue weighted by Gasteiger charge is -2.44. The lowest BCUT2D eigenvalue weighted by atomic mass is 9.83. The van der Waals surface area contributed by atoms with Crippen LogP contribution in [0.1, 0.15) is 59.0 Å². The van der Waals surface area contributed by atoms with Gasteiger partial charge in [-0.25, -0.2) is 0 Å².